The van der Waals surface area contributed by atoms with Crippen LogP contribution in [-0.4, -0.2) is 55.7 Å². The minimum Gasteiger partial charge on any atom is -0.491 e. The number of halogens is 1. The Labute approximate surface area is 180 Å². The van der Waals surface area contributed by atoms with Crippen molar-refractivity contribution in [3.63, 3.8) is 0 Å². The van der Waals surface area contributed by atoms with Crippen LogP contribution in [0, 0.1) is 0 Å². The Hall–Kier alpha value is -1.77. The minimum absolute atomic E-state index is 0.185. The summed E-state index contributed by atoms with van der Waals surface area (Å²) in [5.74, 6) is 2.09. The maximum atomic E-state index is 12.3. The average molecular weight is 439 g/mol. The lowest BCUT2D eigenvalue weighted by Gasteiger charge is -2.20. The van der Waals surface area contributed by atoms with Crippen LogP contribution < -0.4 is 4.74 Å². The fourth-order valence-electron chi connectivity index (χ4n) is 3.18. The van der Waals surface area contributed by atoms with Gasteiger partial charge < -0.3 is 19.3 Å². The second-order valence-electron chi connectivity index (χ2n) is 7.00. The molecule has 0 spiro atoms. The average Bonchev–Trinajstić information content (AvgIpc) is 3.00. The van der Waals surface area contributed by atoms with Gasteiger partial charge in [0.15, 0.2) is 11.0 Å². The monoisotopic (exact) mass is 438 g/mol. The number of aromatic nitrogens is 3. The van der Waals surface area contributed by atoms with E-state index in [2.05, 4.69) is 10.2 Å². The van der Waals surface area contributed by atoms with Crippen LogP contribution in [0.4, 0.5) is 0 Å². The third-order valence-electron chi connectivity index (χ3n) is 4.77. The lowest BCUT2D eigenvalue weighted by atomic mass is 10.2. The Balaban J connectivity index is 1.52. The van der Waals surface area contributed by atoms with E-state index in [-0.39, 0.29) is 12.5 Å². The summed E-state index contributed by atoms with van der Waals surface area (Å²) in [6.45, 7) is 4.19. The van der Waals surface area contributed by atoms with Gasteiger partial charge in [0.25, 0.3) is 0 Å². The lowest BCUT2D eigenvalue weighted by molar-refractivity contribution is -0.131. The molecular weight excluding hydrogens is 412 g/mol. The summed E-state index contributed by atoms with van der Waals surface area (Å²) in [5.41, 5.74) is 0. The molecule has 1 amide bonds. The van der Waals surface area contributed by atoms with Crippen LogP contribution in [0.15, 0.2) is 29.4 Å². The van der Waals surface area contributed by atoms with Crippen LogP contribution in [0.5, 0.6) is 5.75 Å². The fraction of sp³-hybridized carbons (Fsp3) is 0.550. The van der Waals surface area contributed by atoms with Crippen molar-refractivity contribution in [1.29, 1.82) is 0 Å². The second kappa shape index (κ2) is 10.8. The van der Waals surface area contributed by atoms with Crippen molar-refractivity contribution in [1.82, 2.24) is 19.7 Å². The molecule has 1 saturated heterocycles. The summed E-state index contributed by atoms with van der Waals surface area (Å²) in [6.07, 6.45) is 3.07. The van der Waals surface area contributed by atoms with Gasteiger partial charge in [0, 0.05) is 30.3 Å². The fourth-order valence-corrected chi connectivity index (χ4v) is 4.23. The Morgan fingerprint density at radius 2 is 2.03 bits per heavy atom. The summed E-state index contributed by atoms with van der Waals surface area (Å²) < 4.78 is 7.60. The standard InChI is InChI=1S/C20H27ClN4O3S/c1-2-25-18(12-24-11-5-3-4-6-19(24)27)22-23-20(25)29-14-16(26)13-28-17-9-7-15(21)8-10-17/h7-10,16,26H,2-6,11-14H2,1H3. The molecule has 1 aromatic carbocycles. The number of thioether (sulfide) groups is 1. The minimum atomic E-state index is -0.645. The quantitative estimate of drug-likeness (QED) is 0.604. The highest BCUT2D eigenvalue weighted by Crippen LogP contribution is 2.21. The van der Waals surface area contributed by atoms with Crippen molar-refractivity contribution in [2.75, 3.05) is 18.9 Å². The van der Waals surface area contributed by atoms with Crippen molar-refractivity contribution in [3.05, 3.63) is 35.1 Å². The summed E-state index contributed by atoms with van der Waals surface area (Å²) in [4.78, 5) is 14.1. The number of benzene rings is 1. The summed E-state index contributed by atoms with van der Waals surface area (Å²) in [5, 5.41) is 20.2. The molecule has 1 atom stereocenters. The Bertz CT molecular complexity index is 800. The van der Waals surface area contributed by atoms with Crippen molar-refractivity contribution in [2.24, 2.45) is 0 Å². The molecule has 1 aliphatic heterocycles. The summed E-state index contributed by atoms with van der Waals surface area (Å²) in [6, 6.07) is 7.04. The van der Waals surface area contributed by atoms with E-state index in [1.54, 1.807) is 24.3 Å². The van der Waals surface area contributed by atoms with Crippen molar-refractivity contribution >= 4 is 29.3 Å². The lowest BCUT2D eigenvalue weighted by Crippen LogP contribution is -2.31. The number of aliphatic hydroxyl groups excluding tert-OH is 1. The van der Waals surface area contributed by atoms with Gasteiger partial charge in [0.1, 0.15) is 12.4 Å². The predicted octanol–water partition coefficient (Wildman–Crippen LogP) is 3.39. The Kier molecular flexibility index (Phi) is 8.20. The van der Waals surface area contributed by atoms with Gasteiger partial charge in [-0.15, -0.1) is 10.2 Å². The molecule has 0 saturated carbocycles. The highest BCUT2D eigenvalue weighted by molar-refractivity contribution is 7.99. The highest BCUT2D eigenvalue weighted by atomic mass is 35.5. The molecule has 0 radical (unpaired) electrons. The number of ether oxygens (including phenoxy) is 1. The number of hydrogen-bond acceptors (Lipinski definition) is 6. The smallest absolute Gasteiger partial charge is 0.222 e. The molecule has 29 heavy (non-hydrogen) atoms. The zero-order chi connectivity index (χ0) is 20.6. The molecule has 7 nitrogen and oxygen atoms in total. The van der Waals surface area contributed by atoms with Crippen molar-refractivity contribution in [2.45, 2.75) is 57.0 Å². The topological polar surface area (TPSA) is 80.5 Å². The predicted molar refractivity (Wildman–Crippen MR) is 113 cm³/mol. The molecule has 158 valence electrons. The number of amides is 1. The number of carbonyl (C=O) groups excluding carboxylic acids is 1. The van der Waals surface area contributed by atoms with E-state index in [1.807, 2.05) is 16.4 Å². The molecule has 0 bridgehead atoms. The Morgan fingerprint density at radius 1 is 1.24 bits per heavy atom. The van der Waals surface area contributed by atoms with E-state index in [4.69, 9.17) is 16.3 Å². The van der Waals surface area contributed by atoms with Gasteiger partial charge in [-0.3, -0.25) is 4.79 Å². The third kappa shape index (κ3) is 6.35. The van der Waals surface area contributed by atoms with E-state index >= 15 is 0 Å². The maximum absolute atomic E-state index is 12.3. The highest BCUT2D eigenvalue weighted by Gasteiger charge is 2.21. The molecule has 0 aliphatic carbocycles. The SMILES string of the molecule is CCn1c(CN2CCCCCC2=O)nnc1SCC(O)COc1ccc(Cl)cc1. The van der Waals surface area contributed by atoms with Crippen LogP contribution in [-0.2, 0) is 17.9 Å². The van der Waals surface area contributed by atoms with E-state index in [9.17, 15) is 9.90 Å². The van der Waals surface area contributed by atoms with Crippen LogP contribution in [0.1, 0.15) is 38.4 Å². The van der Waals surface area contributed by atoms with Crippen LogP contribution >= 0.6 is 23.4 Å². The Morgan fingerprint density at radius 3 is 2.79 bits per heavy atom. The number of nitrogens with zero attached hydrogens (tertiary/aromatic N) is 4. The van der Waals surface area contributed by atoms with Gasteiger partial charge >= 0.3 is 0 Å². The second-order valence-corrected chi connectivity index (χ2v) is 8.42. The van der Waals surface area contributed by atoms with Gasteiger partial charge in [-0.1, -0.05) is 29.8 Å². The van der Waals surface area contributed by atoms with Crippen molar-refractivity contribution < 1.29 is 14.6 Å². The van der Waals surface area contributed by atoms with Crippen molar-refractivity contribution in [3.8, 4) is 5.75 Å². The van der Waals surface area contributed by atoms with Crippen LogP contribution in [0.3, 0.4) is 0 Å². The van der Waals surface area contributed by atoms with E-state index in [1.165, 1.54) is 11.8 Å². The number of rotatable bonds is 9. The molecule has 9 heteroatoms. The van der Waals surface area contributed by atoms with Gasteiger partial charge in [-0.25, -0.2) is 0 Å². The van der Waals surface area contributed by atoms with E-state index in [0.29, 0.717) is 36.0 Å². The van der Waals surface area contributed by atoms with E-state index in [0.717, 1.165) is 36.8 Å². The number of carbonyl (C=O) groups is 1. The van der Waals surface area contributed by atoms with E-state index < -0.39 is 6.10 Å². The first kappa shape index (κ1) is 21.9. The third-order valence-corrected chi connectivity index (χ3v) is 6.14. The molecule has 1 aliphatic rings. The maximum Gasteiger partial charge on any atom is 0.222 e. The van der Waals surface area contributed by atoms with Gasteiger partial charge in [0.05, 0.1) is 12.6 Å². The summed E-state index contributed by atoms with van der Waals surface area (Å²) >= 11 is 7.29. The molecule has 3 rings (SSSR count). The molecule has 2 aromatic rings. The largest absolute Gasteiger partial charge is 0.491 e. The van der Waals surface area contributed by atoms with Gasteiger partial charge in [-0.2, -0.15) is 0 Å². The molecule has 1 aromatic heterocycles. The molecule has 1 N–H and O–H groups in total. The molecule has 2 heterocycles. The first-order chi connectivity index (χ1) is 14.1. The zero-order valence-corrected chi connectivity index (χ0v) is 18.2. The summed E-state index contributed by atoms with van der Waals surface area (Å²) in [7, 11) is 0. The molecular formula is C20H27ClN4O3S. The first-order valence-corrected chi connectivity index (χ1v) is 11.3. The van der Waals surface area contributed by atoms with Crippen LogP contribution in [0.25, 0.3) is 0 Å². The number of likely N-dealkylation sites (tertiary alicyclic amines) is 1. The molecule has 1 unspecified atom stereocenters. The van der Waals surface area contributed by atoms with Crippen LogP contribution in [0.2, 0.25) is 5.02 Å². The number of hydrogen-bond donors (Lipinski definition) is 1. The van der Waals surface area contributed by atoms with Gasteiger partial charge in [-0.05, 0) is 44.0 Å². The number of aliphatic hydroxyl groups is 1. The molecule has 1 fully saturated rings. The van der Waals surface area contributed by atoms with Gasteiger partial charge in [0.2, 0.25) is 5.91 Å². The normalized spacial score (nSPS) is 16.0. The zero-order valence-electron chi connectivity index (χ0n) is 16.6. The first-order valence-electron chi connectivity index (χ1n) is 9.96.